The number of aromatic nitrogens is 1. The zero-order valence-corrected chi connectivity index (χ0v) is 21.7. The minimum absolute atomic E-state index is 0.00199. The molecule has 2 aromatic carbocycles. The van der Waals surface area contributed by atoms with Gasteiger partial charge in [-0.25, -0.2) is 9.69 Å². The molecule has 6 rings (SSSR count). The summed E-state index contributed by atoms with van der Waals surface area (Å²) in [7, 11) is 1.55. The molecule has 2 fully saturated rings. The number of hydrogen-bond donors (Lipinski definition) is 1. The molecule has 9 heteroatoms. The molecule has 39 heavy (non-hydrogen) atoms. The highest BCUT2D eigenvalue weighted by molar-refractivity contribution is 6.30. The van der Waals surface area contributed by atoms with Crippen LogP contribution in [-0.2, 0) is 22.6 Å². The average Bonchev–Trinajstić information content (AvgIpc) is 2.93. The van der Waals surface area contributed by atoms with Gasteiger partial charge in [-0.05, 0) is 42.2 Å². The van der Waals surface area contributed by atoms with Crippen molar-refractivity contribution >= 4 is 23.5 Å². The number of para-hydroxylation sites is 2. The minimum Gasteiger partial charge on any atom is -0.496 e. The monoisotopic (exact) mass is 526 g/mol. The molecular formula is C30H30N4O5. The number of imide groups is 2. The number of rotatable bonds is 6. The largest absolute Gasteiger partial charge is 0.496 e. The second-order valence-corrected chi connectivity index (χ2v) is 10.7. The zero-order chi connectivity index (χ0) is 27.1. The summed E-state index contributed by atoms with van der Waals surface area (Å²) in [6, 6.07) is 20.6. The number of nitrogens with zero attached hydrogens (tertiary/aromatic N) is 3. The number of hydrogen-bond acceptors (Lipinski definition) is 6. The lowest BCUT2D eigenvalue weighted by Crippen LogP contribution is -2.68. The highest BCUT2D eigenvalue weighted by Gasteiger charge is 2.56. The molecular weight excluding hydrogens is 496 g/mol. The summed E-state index contributed by atoms with van der Waals surface area (Å²) in [4.78, 5) is 56.9. The Morgan fingerprint density at radius 3 is 2.46 bits per heavy atom. The molecule has 0 unspecified atom stereocenters. The number of carbonyl (C=O) groups excluding carboxylic acids is 3. The molecule has 1 aromatic heterocycles. The lowest BCUT2D eigenvalue weighted by atomic mass is 9.75. The van der Waals surface area contributed by atoms with Crippen molar-refractivity contribution in [3.63, 3.8) is 0 Å². The van der Waals surface area contributed by atoms with Crippen LogP contribution in [0, 0.1) is 11.3 Å². The first-order valence-corrected chi connectivity index (χ1v) is 13.2. The van der Waals surface area contributed by atoms with E-state index in [4.69, 9.17) is 4.74 Å². The maximum Gasteiger partial charge on any atom is 0.335 e. The molecule has 3 aliphatic rings. The van der Waals surface area contributed by atoms with Gasteiger partial charge in [0.05, 0.1) is 12.8 Å². The molecule has 0 aliphatic carbocycles. The van der Waals surface area contributed by atoms with Gasteiger partial charge < -0.3 is 14.2 Å². The van der Waals surface area contributed by atoms with Crippen LogP contribution in [0.3, 0.4) is 0 Å². The van der Waals surface area contributed by atoms with Gasteiger partial charge in [-0.15, -0.1) is 0 Å². The molecule has 3 atom stereocenters. The van der Waals surface area contributed by atoms with E-state index in [9.17, 15) is 19.2 Å². The summed E-state index contributed by atoms with van der Waals surface area (Å²) < 4.78 is 7.42. The molecule has 4 heterocycles. The Hall–Kier alpha value is -4.24. The first-order chi connectivity index (χ1) is 18.9. The van der Waals surface area contributed by atoms with Gasteiger partial charge in [-0.2, -0.15) is 0 Å². The van der Waals surface area contributed by atoms with Gasteiger partial charge in [0, 0.05) is 50.3 Å². The Balaban J connectivity index is 1.40. The maximum atomic E-state index is 14.4. The van der Waals surface area contributed by atoms with Crippen molar-refractivity contribution in [2.45, 2.75) is 25.3 Å². The van der Waals surface area contributed by atoms with E-state index >= 15 is 0 Å². The lowest BCUT2D eigenvalue weighted by Gasteiger charge is -2.47. The van der Waals surface area contributed by atoms with Gasteiger partial charge in [-0.1, -0.05) is 42.5 Å². The Morgan fingerprint density at radius 1 is 0.897 bits per heavy atom. The number of anilines is 1. The van der Waals surface area contributed by atoms with Crippen LogP contribution in [0.25, 0.3) is 0 Å². The third-order valence-electron chi connectivity index (χ3n) is 8.22. The predicted octanol–water partition coefficient (Wildman–Crippen LogP) is 2.79. The molecule has 200 valence electrons. The number of likely N-dealkylation sites (tertiary alicyclic amines) is 1. The number of amides is 4. The average molecular weight is 527 g/mol. The summed E-state index contributed by atoms with van der Waals surface area (Å²) in [6.07, 6.45) is 1.02. The molecule has 0 saturated carbocycles. The van der Waals surface area contributed by atoms with Crippen LogP contribution in [0.5, 0.6) is 5.75 Å². The molecule has 3 aromatic rings. The van der Waals surface area contributed by atoms with Crippen molar-refractivity contribution in [1.29, 1.82) is 0 Å². The van der Waals surface area contributed by atoms with Crippen molar-refractivity contribution in [3.8, 4) is 5.75 Å². The molecule has 2 bridgehead atoms. The Morgan fingerprint density at radius 2 is 1.67 bits per heavy atom. The zero-order valence-electron chi connectivity index (χ0n) is 21.7. The SMILES string of the molecule is COc1ccccc1C[C@]1(CN2C[C@H]3C[C@@H](C2)c2cccc(=O)n2C3)C(=O)NC(=O)N(c2ccccc2)C1=O. The van der Waals surface area contributed by atoms with Crippen LogP contribution in [0.15, 0.2) is 77.6 Å². The highest BCUT2D eigenvalue weighted by atomic mass is 16.5. The molecule has 0 spiro atoms. The number of piperidine rings is 1. The van der Waals surface area contributed by atoms with E-state index in [1.807, 2.05) is 28.8 Å². The summed E-state index contributed by atoms with van der Waals surface area (Å²) in [5.41, 5.74) is 0.533. The quantitative estimate of drug-likeness (QED) is 0.496. The van der Waals surface area contributed by atoms with Crippen LogP contribution in [0.4, 0.5) is 10.5 Å². The fourth-order valence-electron chi connectivity index (χ4n) is 6.52. The van der Waals surface area contributed by atoms with Crippen LogP contribution in [0.2, 0.25) is 0 Å². The summed E-state index contributed by atoms with van der Waals surface area (Å²) in [6.45, 7) is 1.99. The van der Waals surface area contributed by atoms with Gasteiger partial charge in [-0.3, -0.25) is 19.7 Å². The Labute approximate surface area is 226 Å². The van der Waals surface area contributed by atoms with Crippen molar-refractivity contribution < 1.29 is 19.1 Å². The van der Waals surface area contributed by atoms with E-state index in [-0.39, 0.29) is 30.4 Å². The van der Waals surface area contributed by atoms with E-state index in [0.29, 0.717) is 36.6 Å². The first kappa shape index (κ1) is 25.1. The first-order valence-electron chi connectivity index (χ1n) is 13.2. The Kier molecular flexibility index (Phi) is 6.31. The van der Waals surface area contributed by atoms with Gasteiger partial charge >= 0.3 is 6.03 Å². The van der Waals surface area contributed by atoms with Crippen LogP contribution in [-0.4, -0.2) is 54.1 Å². The van der Waals surface area contributed by atoms with E-state index in [1.165, 1.54) is 0 Å². The number of fused-ring (bicyclic) bond motifs is 4. The van der Waals surface area contributed by atoms with E-state index in [1.54, 1.807) is 55.6 Å². The number of pyridine rings is 1. The van der Waals surface area contributed by atoms with Gasteiger partial charge in [0.2, 0.25) is 5.91 Å². The van der Waals surface area contributed by atoms with Crippen LogP contribution in [0.1, 0.15) is 23.6 Å². The summed E-state index contributed by atoms with van der Waals surface area (Å²) in [5, 5.41) is 2.48. The van der Waals surface area contributed by atoms with Gasteiger partial charge in [0.25, 0.3) is 11.5 Å². The molecule has 9 nitrogen and oxygen atoms in total. The number of nitrogens with one attached hydrogen (secondary N) is 1. The fraction of sp³-hybridized carbons (Fsp3) is 0.333. The number of carbonyl (C=O) groups is 3. The van der Waals surface area contributed by atoms with E-state index < -0.39 is 23.3 Å². The smallest absolute Gasteiger partial charge is 0.335 e. The number of benzene rings is 2. The van der Waals surface area contributed by atoms with E-state index in [2.05, 4.69) is 10.2 Å². The fourth-order valence-corrected chi connectivity index (χ4v) is 6.52. The molecule has 0 radical (unpaired) electrons. The standard InChI is InChI=1S/C30H30N4O5/c1-39-25-12-6-5-8-21(25)15-30(27(36)31-29(38)34(28(30)37)23-9-3-2-4-10-23)19-32-16-20-14-22(18-32)24-11-7-13-26(35)33(24)17-20/h2-13,20,22H,14-19H2,1H3,(H,31,36,38)/t20-,22+,30+/m1/s1. The Bertz CT molecular complexity index is 1500. The van der Waals surface area contributed by atoms with Crippen molar-refractivity contribution in [3.05, 3.63) is 94.4 Å². The topological polar surface area (TPSA) is 101 Å². The van der Waals surface area contributed by atoms with E-state index in [0.717, 1.165) is 17.0 Å². The molecule has 3 aliphatic heterocycles. The number of ether oxygens (including phenoxy) is 1. The minimum atomic E-state index is -1.57. The second kappa shape index (κ2) is 9.81. The highest BCUT2D eigenvalue weighted by Crippen LogP contribution is 2.40. The maximum absolute atomic E-state index is 14.4. The summed E-state index contributed by atoms with van der Waals surface area (Å²) >= 11 is 0. The normalized spacial score (nSPS) is 24.7. The lowest BCUT2D eigenvalue weighted by molar-refractivity contribution is -0.144. The third-order valence-corrected chi connectivity index (χ3v) is 8.22. The molecule has 2 saturated heterocycles. The van der Waals surface area contributed by atoms with Crippen molar-refractivity contribution in [2.24, 2.45) is 11.3 Å². The number of urea groups is 1. The van der Waals surface area contributed by atoms with Crippen molar-refractivity contribution in [1.82, 2.24) is 14.8 Å². The third kappa shape index (κ3) is 4.32. The predicted molar refractivity (Wildman–Crippen MR) is 145 cm³/mol. The van der Waals surface area contributed by atoms with Gasteiger partial charge in [0.1, 0.15) is 11.2 Å². The number of methoxy groups -OCH3 is 1. The molecule has 1 N–H and O–H groups in total. The van der Waals surface area contributed by atoms with Crippen molar-refractivity contribution in [2.75, 3.05) is 31.6 Å². The second-order valence-electron chi connectivity index (χ2n) is 10.7. The summed E-state index contributed by atoms with van der Waals surface area (Å²) in [5.74, 6) is -0.260. The number of barbiturate groups is 1. The molecule has 4 amide bonds. The van der Waals surface area contributed by atoms with Crippen LogP contribution >= 0.6 is 0 Å². The van der Waals surface area contributed by atoms with Gasteiger partial charge in [0.15, 0.2) is 0 Å². The van der Waals surface area contributed by atoms with Crippen LogP contribution < -0.4 is 20.5 Å².